The summed E-state index contributed by atoms with van der Waals surface area (Å²) < 4.78 is 14.7. The maximum atomic E-state index is 13.3. The molecule has 0 atom stereocenters. The van der Waals surface area contributed by atoms with Gasteiger partial charge in [-0.15, -0.1) is 0 Å². The quantitative estimate of drug-likeness (QED) is 0.647. The Hall–Kier alpha value is -2.80. The molecule has 2 aromatic heterocycles. The highest BCUT2D eigenvalue weighted by atomic mass is 32.1. The number of amides is 1. The van der Waals surface area contributed by atoms with Crippen LogP contribution in [0.3, 0.4) is 0 Å². The van der Waals surface area contributed by atoms with E-state index in [0.29, 0.717) is 23.5 Å². The minimum absolute atomic E-state index is 0.0786. The molecule has 0 aliphatic heterocycles. The van der Waals surface area contributed by atoms with Crippen LogP contribution < -0.4 is 9.77 Å². The molecule has 0 saturated carbocycles. The van der Waals surface area contributed by atoms with Gasteiger partial charge in [0.15, 0.2) is 0 Å². The monoisotopic (exact) mass is 385 g/mol. The van der Waals surface area contributed by atoms with E-state index in [9.17, 15) is 14.0 Å². The van der Waals surface area contributed by atoms with Gasteiger partial charge >= 0.3 is 4.87 Å². The van der Waals surface area contributed by atoms with Crippen molar-refractivity contribution in [2.45, 2.75) is 26.8 Å². The molecule has 0 N–H and O–H groups in total. The second kappa shape index (κ2) is 8.26. The van der Waals surface area contributed by atoms with Gasteiger partial charge in [0.25, 0.3) is 0 Å². The summed E-state index contributed by atoms with van der Waals surface area (Å²) >= 11 is 1.09. The van der Waals surface area contributed by atoms with Crippen molar-refractivity contribution in [3.8, 4) is 11.3 Å². The highest BCUT2D eigenvalue weighted by Gasteiger charge is 2.20. The number of pyridine rings is 1. The Balaban J connectivity index is 1.96. The van der Waals surface area contributed by atoms with E-state index in [-0.39, 0.29) is 23.1 Å². The molecule has 0 aliphatic rings. The van der Waals surface area contributed by atoms with E-state index < -0.39 is 0 Å². The lowest BCUT2D eigenvalue weighted by Crippen LogP contribution is -2.36. The van der Waals surface area contributed by atoms with Gasteiger partial charge in [0.05, 0.1) is 17.6 Å². The van der Waals surface area contributed by atoms with Gasteiger partial charge in [-0.25, -0.2) is 4.39 Å². The minimum atomic E-state index is -0.345. The molecule has 0 spiro atoms. The third-order valence-electron chi connectivity index (χ3n) is 4.18. The standard InChI is InChI=1S/C20H20FN3O2S/c1-3-11-23(17-5-4-10-22-12-17)18(25)13-24-19(14(2)27-20(24)26)15-6-8-16(21)9-7-15/h4-10,12H,3,11,13H2,1-2H3. The topological polar surface area (TPSA) is 55.2 Å². The molecule has 0 saturated heterocycles. The van der Waals surface area contributed by atoms with Crippen molar-refractivity contribution in [2.75, 3.05) is 11.4 Å². The number of nitrogens with zero attached hydrogens (tertiary/aromatic N) is 3. The van der Waals surface area contributed by atoms with Crippen LogP contribution in [0.25, 0.3) is 11.3 Å². The average molecular weight is 385 g/mol. The Kier molecular flexibility index (Phi) is 5.81. The van der Waals surface area contributed by atoms with Crippen molar-refractivity contribution < 1.29 is 9.18 Å². The van der Waals surface area contributed by atoms with E-state index in [1.807, 2.05) is 19.9 Å². The molecule has 1 amide bonds. The number of hydrogen-bond donors (Lipinski definition) is 0. The lowest BCUT2D eigenvalue weighted by atomic mass is 10.1. The largest absolute Gasteiger partial charge is 0.309 e. The first kappa shape index (κ1) is 19.0. The molecule has 0 aliphatic carbocycles. The predicted molar refractivity (Wildman–Crippen MR) is 106 cm³/mol. The van der Waals surface area contributed by atoms with Crippen LogP contribution in [0, 0.1) is 12.7 Å². The maximum Gasteiger partial charge on any atom is 0.308 e. The number of aryl methyl sites for hydroxylation is 1. The van der Waals surface area contributed by atoms with E-state index >= 15 is 0 Å². The number of anilines is 1. The van der Waals surface area contributed by atoms with Crippen LogP contribution in [0.15, 0.2) is 53.6 Å². The summed E-state index contributed by atoms with van der Waals surface area (Å²) in [6.45, 7) is 4.28. The van der Waals surface area contributed by atoms with Gasteiger partial charge in [0.1, 0.15) is 12.4 Å². The van der Waals surface area contributed by atoms with Crippen LogP contribution in [0.2, 0.25) is 0 Å². The molecule has 27 heavy (non-hydrogen) atoms. The fraction of sp³-hybridized carbons (Fsp3) is 0.250. The van der Waals surface area contributed by atoms with Gasteiger partial charge in [0.2, 0.25) is 5.91 Å². The van der Waals surface area contributed by atoms with Crippen molar-refractivity contribution in [1.29, 1.82) is 0 Å². The van der Waals surface area contributed by atoms with Crippen LogP contribution in [-0.4, -0.2) is 22.0 Å². The van der Waals surface area contributed by atoms with Crippen LogP contribution in [0.5, 0.6) is 0 Å². The zero-order valence-electron chi connectivity index (χ0n) is 15.2. The molecule has 140 valence electrons. The summed E-state index contributed by atoms with van der Waals surface area (Å²) in [5.41, 5.74) is 2.07. The van der Waals surface area contributed by atoms with Crippen LogP contribution in [-0.2, 0) is 11.3 Å². The summed E-state index contributed by atoms with van der Waals surface area (Å²) in [4.78, 5) is 31.8. The number of carbonyl (C=O) groups is 1. The molecule has 1 aromatic carbocycles. The molecular formula is C20H20FN3O2S. The molecule has 0 bridgehead atoms. The van der Waals surface area contributed by atoms with Crippen molar-refractivity contribution in [3.63, 3.8) is 0 Å². The van der Waals surface area contributed by atoms with Gasteiger partial charge in [0, 0.05) is 17.6 Å². The summed E-state index contributed by atoms with van der Waals surface area (Å²) in [6.07, 6.45) is 4.07. The number of halogens is 1. The van der Waals surface area contributed by atoms with Crippen molar-refractivity contribution in [3.05, 3.63) is 69.2 Å². The first-order valence-electron chi connectivity index (χ1n) is 8.67. The maximum absolute atomic E-state index is 13.3. The first-order valence-corrected chi connectivity index (χ1v) is 9.49. The van der Waals surface area contributed by atoms with Gasteiger partial charge in [-0.1, -0.05) is 18.3 Å². The SMILES string of the molecule is CCCN(C(=O)Cn1c(-c2ccc(F)cc2)c(C)sc1=O)c1cccnc1. The molecule has 2 heterocycles. The highest BCUT2D eigenvalue weighted by molar-refractivity contribution is 7.09. The number of benzene rings is 1. The Bertz CT molecular complexity index is 981. The lowest BCUT2D eigenvalue weighted by molar-refractivity contribution is -0.119. The molecule has 0 radical (unpaired) electrons. The minimum Gasteiger partial charge on any atom is -0.309 e. The normalized spacial score (nSPS) is 10.8. The molecule has 0 unspecified atom stereocenters. The zero-order valence-corrected chi connectivity index (χ0v) is 16.0. The van der Waals surface area contributed by atoms with E-state index in [1.165, 1.54) is 16.7 Å². The van der Waals surface area contributed by atoms with Crippen LogP contribution in [0.1, 0.15) is 18.2 Å². The third-order valence-corrected chi connectivity index (χ3v) is 5.08. The Morgan fingerprint density at radius 1 is 1.26 bits per heavy atom. The Morgan fingerprint density at radius 2 is 2.00 bits per heavy atom. The molecular weight excluding hydrogens is 365 g/mol. The molecule has 5 nitrogen and oxygen atoms in total. The number of rotatable bonds is 6. The summed E-state index contributed by atoms with van der Waals surface area (Å²) in [6, 6.07) is 9.54. The summed E-state index contributed by atoms with van der Waals surface area (Å²) in [7, 11) is 0. The molecule has 3 aromatic rings. The van der Waals surface area contributed by atoms with Gasteiger partial charge in [-0.3, -0.25) is 19.1 Å². The number of aromatic nitrogens is 2. The second-order valence-corrected chi connectivity index (χ2v) is 7.29. The van der Waals surface area contributed by atoms with Crippen molar-refractivity contribution in [2.24, 2.45) is 0 Å². The average Bonchev–Trinajstić information content (AvgIpc) is 2.94. The van der Waals surface area contributed by atoms with Gasteiger partial charge in [-0.05, 0) is 55.3 Å². The first-order chi connectivity index (χ1) is 13.0. The predicted octanol–water partition coefficient (Wildman–Crippen LogP) is 3.86. The second-order valence-electron chi connectivity index (χ2n) is 6.12. The highest BCUT2D eigenvalue weighted by Crippen LogP contribution is 2.26. The van der Waals surface area contributed by atoms with Crippen LogP contribution in [0.4, 0.5) is 10.1 Å². The van der Waals surface area contributed by atoms with E-state index in [0.717, 1.165) is 22.6 Å². The van der Waals surface area contributed by atoms with E-state index in [2.05, 4.69) is 4.98 Å². The Labute approximate surface area is 160 Å². The van der Waals surface area contributed by atoms with Crippen molar-refractivity contribution in [1.82, 2.24) is 9.55 Å². The lowest BCUT2D eigenvalue weighted by Gasteiger charge is -2.22. The third kappa shape index (κ3) is 4.14. The zero-order chi connectivity index (χ0) is 19.4. The van der Waals surface area contributed by atoms with Gasteiger partial charge in [-0.2, -0.15) is 0 Å². The van der Waals surface area contributed by atoms with E-state index in [4.69, 9.17) is 0 Å². The molecule has 3 rings (SSSR count). The van der Waals surface area contributed by atoms with Gasteiger partial charge < -0.3 is 4.90 Å². The number of hydrogen-bond acceptors (Lipinski definition) is 4. The molecule has 7 heteroatoms. The summed E-state index contributed by atoms with van der Waals surface area (Å²) in [5, 5.41) is 0. The fourth-order valence-electron chi connectivity index (χ4n) is 2.98. The van der Waals surface area contributed by atoms with Crippen molar-refractivity contribution >= 4 is 22.9 Å². The van der Waals surface area contributed by atoms with Crippen LogP contribution >= 0.6 is 11.3 Å². The smallest absolute Gasteiger partial charge is 0.308 e. The molecule has 0 fully saturated rings. The Morgan fingerprint density at radius 3 is 2.63 bits per heavy atom. The summed E-state index contributed by atoms with van der Waals surface area (Å²) in [5.74, 6) is -0.532. The number of carbonyl (C=O) groups excluding carboxylic acids is 1. The fourth-order valence-corrected chi connectivity index (χ4v) is 3.83. The van der Waals surface area contributed by atoms with E-state index in [1.54, 1.807) is 35.5 Å². The number of thiazole rings is 1.